The summed E-state index contributed by atoms with van der Waals surface area (Å²) in [6.45, 7) is 3.89. The van der Waals surface area contributed by atoms with Crippen LogP contribution in [0.4, 0.5) is 0 Å². The molecule has 0 aliphatic rings. The topological polar surface area (TPSA) is 30.5 Å². The maximum atomic E-state index is 6.19. The van der Waals surface area contributed by atoms with Crippen LogP contribution in [0.1, 0.15) is 18.1 Å². The molecule has 0 radical (unpaired) electrons. The smallest absolute Gasteiger partial charge is 0.165 e. The standard InChI is InChI=1S/C18H20Cl3NO2/c1-3-24-18-13(8-15(20)10-17(18)23-2)11-22-7-6-12-4-5-14(19)9-16(12)21/h4-5,8-10,22H,3,6-7,11H2,1-2H3. The van der Waals surface area contributed by atoms with Crippen molar-refractivity contribution in [2.75, 3.05) is 20.3 Å². The van der Waals surface area contributed by atoms with Gasteiger partial charge in [-0.25, -0.2) is 0 Å². The van der Waals surface area contributed by atoms with Crippen molar-refractivity contribution in [1.29, 1.82) is 0 Å². The second kappa shape index (κ2) is 9.38. The first kappa shape index (κ1) is 19.2. The number of methoxy groups -OCH3 is 1. The zero-order valence-electron chi connectivity index (χ0n) is 13.7. The highest BCUT2D eigenvalue weighted by molar-refractivity contribution is 6.35. The second-order valence-electron chi connectivity index (χ2n) is 5.19. The van der Waals surface area contributed by atoms with Crippen LogP contribution >= 0.6 is 34.8 Å². The summed E-state index contributed by atoms with van der Waals surface area (Å²) in [6, 6.07) is 9.19. The number of hydrogen-bond donors (Lipinski definition) is 1. The molecule has 0 aromatic heterocycles. The van der Waals surface area contributed by atoms with Crippen LogP contribution in [0, 0.1) is 0 Å². The SMILES string of the molecule is CCOc1c(CNCCc2ccc(Cl)cc2Cl)cc(Cl)cc1OC. The van der Waals surface area contributed by atoms with E-state index in [1.165, 1.54) is 0 Å². The molecule has 0 spiro atoms. The molecule has 24 heavy (non-hydrogen) atoms. The van der Waals surface area contributed by atoms with E-state index in [1.54, 1.807) is 19.2 Å². The molecule has 3 nitrogen and oxygen atoms in total. The molecular weight excluding hydrogens is 369 g/mol. The highest BCUT2D eigenvalue weighted by Gasteiger charge is 2.12. The molecule has 2 aromatic rings. The van der Waals surface area contributed by atoms with Crippen LogP contribution in [-0.4, -0.2) is 20.3 Å². The summed E-state index contributed by atoms with van der Waals surface area (Å²) in [5.41, 5.74) is 2.02. The summed E-state index contributed by atoms with van der Waals surface area (Å²) in [5, 5.41) is 5.33. The summed E-state index contributed by atoms with van der Waals surface area (Å²) in [7, 11) is 1.61. The van der Waals surface area contributed by atoms with E-state index in [9.17, 15) is 0 Å². The van der Waals surface area contributed by atoms with Gasteiger partial charge in [0.15, 0.2) is 11.5 Å². The molecule has 0 saturated heterocycles. The molecule has 0 saturated carbocycles. The van der Waals surface area contributed by atoms with Gasteiger partial charge in [0.2, 0.25) is 0 Å². The van der Waals surface area contributed by atoms with Crippen molar-refractivity contribution >= 4 is 34.8 Å². The van der Waals surface area contributed by atoms with Gasteiger partial charge in [-0.3, -0.25) is 0 Å². The van der Waals surface area contributed by atoms with Crippen molar-refractivity contribution in [1.82, 2.24) is 5.32 Å². The lowest BCUT2D eigenvalue weighted by Gasteiger charge is -2.15. The maximum Gasteiger partial charge on any atom is 0.165 e. The van der Waals surface area contributed by atoms with Gasteiger partial charge in [0.05, 0.1) is 13.7 Å². The quantitative estimate of drug-likeness (QED) is 0.615. The first-order chi connectivity index (χ1) is 11.5. The predicted molar refractivity (Wildman–Crippen MR) is 101 cm³/mol. The largest absolute Gasteiger partial charge is 0.493 e. The Labute approximate surface area is 157 Å². The molecule has 2 aromatic carbocycles. The van der Waals surface area contributed by atoms with Crippen molar-refractivity contribution in [2.45, 2.75) is 19.9 Å². The van der Waals surface area contributed by atoms with Gasteiger partial charge in [0, 0.05) is 33.2 Å². The van der Waals surface area contributed by atoms with Gasteiger partial charge in [-0.15, -0.1) is 0 Å². The fourth-order valence-corrected chi connectivity index (χ4v) is 3.12. The fourth-order valence-electron chi connectivity index (χ4n) is 2.38. The predicted octanol–water partition coefficient (Wildman–Crippen LogP) is 5.39. The minimum absolute atomic E-state index is 0.561. The third kappa shape index (κ3) is 5.18. The molecule has 0 aliphatic carbocycles. The Morgan fingerprint density at radius 3 is 2.46 bits per heavy atom. The minimum Gasteiger partial charge on any atom is -0.493 e. The summed E-state index contributed by atoms with van der Waals surface area (Å²) < 4.78 is 11.1. The van der Waals surface area contributed by atoms with Gasteiger partial charge in [0.25, 0.3) is 0 Å². The van der Waals surface area contributed by atoms with E-state index >= 15 is 0 Å². The van der Waals surface area contributed by atoms with Gasteiger partial charge in [-0.1, -0.05) is 40.9 Å². The molecule has 0 bridgehead atoms. The van der Waals surface area contributed by atoms with Gasteiger partial charge >= 0.3 is 0 Å². The number of rotatable bonds is 8. The van der Waals surface area contributed by atoms with E-state index in [-0.39, 0.29) is 0 Å². The lowest BCUT2D eigenvalue weighted by Crippen LogP contribution is -2.17. The molecule has 0 atom stereocenters. The van der Waals surface area contributed by atoms with Crippen molar-refractivity contribution < 1.29 is 9.47 Å². The van der Waals surface area contributed by atoms with Crippen LogP contribution in [0.2, 0.25) is 15.1 Å². The molecule has 1 N–H and O–H groups in total. The first-order valence-corrected chi connectivity index (χ1v) is 8.82. The van der Waals surface area contributed by atoms with Gasteiger partial charge in [-0.2, -0.15) is 0 Å². The van der Waals surface area contributed by atoms with E-state index in [2.05, 4.69) is 5.32 Å². The lowest BCUT2D eigenvalue weighted by atomic mass is 10.1. The normalized spacial score (nSPS) is 10.7. The van der Waals surface area contributed by atoms with E-state index < -0.39 is 0 Å². The Kier molecular flexibility index (Phi) is 7.50. The van der Waals surface area contributed by atoms with E-state index in [4.69, 9.17) is 44.3 Å². The number of nitrogens with one attached hydrogen (secondary N) is 1. The Morgan fingerprint density at radius 2 is 1.79 bits per heavy atom. The first-order valence-electron chi connectivity index (χ1n) is 7.69. The van der Waals surface area contributed by atoms with Crippen molar-refractivity contribution in [3.8, 4) is 11.5 Å². The molecule has 0 fully saturated rings. The maximum absolute atomic E-state index is 6.19. The lowest BCUT2D eigenvalue weighted by molar-refractivity contribution is 0.307. The Hall–Kier alpha value is -1.13. The third-order valence-corrected chi connectivity index (χ3v) is 4.31. The van der Waals surface area contributed by atoms with Crippen molar-refractivity contribution in [3.63, 3.8) is 0 Å². The molecule has 0 amide bonds. The Bertz CT molecular complexity index is 692. The third-order valence-electron chi connectivity index (χ3n) is 3.51. The second-order valence-corrected chi connectivity index (χ2v) is 6.47. The van der Waals surface area contributed by atoms with Crippen molar-refractivity contribution in [3.05, 3.63) is 56.5 Å². The van der Waals surface area contributed by atoms with Crippen LogP contribution in [-0.2, 0) is 13.0 Å². The molecule has 0 unspecified atom stereocenters. The van der Waals surface area contributed by atoms with E-state index in [1.807, 2.05) is 25.1 Å². The zero-order chi connectivity index (χ0) is 17.5. The Morgan fingerprint density at radius 1 is 1.00 bits per heavy atom. The van der Waals surface area contributed by atoms with E-state index in [0.29, 0.717) is 34.0 Å². The average molecular weight is 389 g/mol. The fraction of sp³-hybridized carbons (Fsp3) is 0.333. The average Bonchev–Trinajstić information content (AvgIpc) is 2.55. The molecule has 130 valence electrons. The van der Waals surface area contributed by atoms with Crippen LogP contribution in [0.25, 0.3) is 0 Å². The summed E-state index contributed by atoms with van der Waals surface area (Å²) in [5.74, 6) is 1.36. The molecule has 0 heterocycles. The van der Waals surface area contributed by atoms with Gasteiger partial charge in [0.1, 0.15) is 0 Å². The van der Waals surface area contributed by atoms with Crippen LogP contribution in [0.5, 0.6) is 11.5 Å². The Balaban J connectivity index is 1.99. The summed E-state index contributed by atoms with van der Waals surface area (Å²) in [6.07, 6.45) is 0.803. The van der Waals surface area contributed by atoms with Gasteiger partial charge < -0.3 is 14.8 Å². The number of hydrogen-bond acceptors (Lipinski definition) is 3. The summed E-state index contributed by atoms with van der Waals surface area (Å²) in [4.78, 5) is 0. The van der Waals surface area contributed by atoms with Crippen molar-refractivity contribution in [2.24, 2.45) is 0 Å². The minimum atomic E-state index is 0.561. The molecule has 2 rings (SSSR count). The van der Waals surface area contributed by atoms with E-state index in [0.717, 1.165) is 29.8 Å². The monoisotopic (exact) mass is 387 g/mol. The zero-order valence-corrected chi connectivity index (χ0v) is 15.9. The summed E-state index contributed by atoms with van der Waals surface area (Å²) >= 11 is 18.2. The highest BCUT2D eigenvalue weighted by atomic mass is 35.5. The van der Waals surface area contributed by atoms with Crippen LogP contribution < -0.4 is 14.8 Å². The number of ether oxygens (including phenoxy) is 2. The van der Waals surface area contributed by atoms with Crippen LogP contribution in [0.15, 0.2) is 30.3 Å². The molecular formula is C18H20Cl3NO2. The van der Waals surface area contributed by atoms with Gasteiger partial charge in [-0.05, 0) is 43.7 Å². The van der Waals surface area contributed by atoms with Crippen LogP contribution in [0.3, 0.4) is 0 Å². The molecule has 0 aliphatic heterocycles. The number of benzene rings is 2. The number of halogens is 3. The highest BCUT2D eigenvalue weighted by Crippen LogP contribution is 2.34. The molecule has 6 heteroatoms.